The summed E-state index contributed by atoms with van der Waals surface area (Å²) in [4.78, 5) is 57.1. The van der Waals surface area contributed by atoms with Gasteiger partial charge in [0.05, 0.1) is 14.2 Å². The van der Waals surface area contributed by atoms with E-state index in [1.165, 1.54) is 26.4 Å². The summed E-state index contributed by atoms with van der Waals surface area (Å²) in [7, 11) is 2.59. The molecule has 0 fully saturated rings. The minimum absolute atomic E-state index is 0.0509. The van der Waals surface area contributed by atoms with Gasteiger partial charge < -0.3 is 35.6 Å². The second-order valence-corrected chi connectivity index (χ2v) is 10.2. The van der Waals surface area contributed by atoms with Crippen LogP contribution in [0.4, 0.5) is 0 Å². The second kappa shape index (κ2) is 26.3. The van der Waals surface area contributed by atoms with Gasteiger partial charge in [0.2, 0.25) is 5.91 Å². The first-order chi connectivity index (χ1) is 21.2. The third-order valence-electron chi connectivity index (χ3n) is 5.56. The molecule has 0 saturated heterocycles. The van der Waals surface area contributed by atoms with Gasteiger partial charge in [-0.15, -0.1) is 17.5 Å². The number of carbonyl (C=O) groups excluding carboxylic acids is 4. The molecule has 252 valence electrons. The quantitative estimate of drug-likeness (QED) is 0.0686. The van der Waals surface area contributed by atoms with Crippen molar-refractivity contribution in [2.24, 2.45) is 17.0 Å². The molecule has 0 aliphatic rings. The van der Waals surface area contributed by atoms with Crippen LogP contribution in [0.15, 0.2) is 53.9 Å². The standard InChI is InChI=1S/C13H17NO4.C10H13NO3.C5H11NO2.C3H6OS/c1-3-12(16)14-11(13(17)18-2)8-9-4-6-10(15)7-5-9;1-14-10(13)9(11)6-7-2-4-8(12)5-3-7;1-5(2)3-4-8-6-7;1-2-3(4)5/h4-7,11,15H,3,8H2,1-2H3,(H,14,16);2-5,9,12H,6,11H2,1H3;5H,3-4H2,1-2H3;2H2,1H3,(H,4,5)/t11-;9-;;/m00../s1. The molecule has 0 saturated carbocycles. The summed E-state index contributed by atoms with van der Waals surface area (Å²) < 4.78 is 9.15. The molecular formula is C31H47N3O10S. The molecular weight excluding hydrogens is 606 g/mol. The molecule has 0 aliphatic heterocycles. The topological polar surface area (TPSA) is 204 Å². The Balaban J connectivity index is 0. The Labute approximate surface area is 270 Å². The summed E-state index contributed by atoms with van der Waals surface area (Å²) in [6.07, 6.45) is 2.48. The number of thiol groups is 1. The number of hydrogen-bond donors (Lipinski definition) is 5. The number of ether oxygens (including phenoxy) is 2. The smallest absolute Gasteiger partial charge is 0.328 e. The Hall–Kier alpha value is -4.17. The molecule has 0 aliphatic carbocycles. The predicted molar refractivity (Wildman–Crippen MR) is 173 cm³/mol. The zero-order valence-electron chi connectivity index (χ0n) is 26.7. The van der Waals surface area contributed by atoms with Gasteiger partial charge in [-0.1, -0.05) is 52.0 Å². The Bertz CT molecular complexity index is 1130. The zero-order valence-corrected chi connectivity index (χ0v) is 27.6. The van der Waals surface area contributed by atoms with Crippen LogP contribution in [0.25, 0.3) is 0 Å². The molecule has 0 unspecified atom stereocenters. The van der Waals surface area contributed by atoms with Crippen LogP contribution in [0, 0.1) is 10.8 Å². The number of aromatic hydroxyl groups is 2. The third kappa shape index (κ3) is 23.9. The first-order valence-electron chi connectivity index (χ1n) is 14.2. The number of nitrogens with zero attached hydrogens (tertiary/aromatic N) is 1. The van der Waals surface area contributed by atoms with E-state index in [1.807, 2.05) is 0 Å². The number of carbonyl (C=O) groups is 4. The SMILES string of the molecule is CC(C)CCON=O.CCC(=O)N[C@@H](Cc1ccc(O)cc1)C(=O)OC.CCC(=O)S.COC(=O)[C@@H](N)Cc1ccc(O)cc1. The van der Waals surface area contributed by atoms with Crippen LogP contribution in [0.5, 0.6) is 11.5 Å². The fraction of sp³-hybridized carbons (Fsp3) is 0.484. The Morgan fingerprint density at radius 2 is 1.29 bits per heavy atom. The maximum atomic E-state index is 11.5. The molecule has 0 spiro atoms. The van der Waals surface area contributed by atoms with Crippen molar-refractivity contribution in [3.63, 3.8) is 0 Å². The lowest BCUT2D eigenvalue weighted by Crippen LogP contribution is -2.42. The van der Waals surface area contributed by atoms with Crippen LogP contribution in [0.3, 0.4) is 0 Å². The summed E-state index contributed by atoms with van der Waals surface area (Å²) in [6.45, 7) is 8.06. The molecule has 1 amide bonds. The van der Waals surface area contributed by atoms with Crippen LogP contribution >= 0.6 is 12.6 Å². The van der Waals surface area contributed by atoms with Gasteiger partial charge in [-0.2, -0.15) is 0 Å². The van der Waals surface area contributed by atoms with Crippen molar-refractivity contribution in [2.45, 2.75) is 71.9 Å². The zero-order chi connectivity index (χ0) is 34.8. The van der Waals surface area contributed by atoms with Crippen molar-refractivity contribution in [3.8, 4) is 11.5 Å². The van der Waals surface area contributed by atoms with Gasteiger partial charge in [-0.05, 0) is 54.2 Å². The van der Waals surface area contributed by atoms with Crippen LogP contribution < -0.4 is 11.1 Å². The van der Waals surface area contributed by atoms with E-state index in [9.17, 15) is 24.1 Å². The number of hydrogen-bond acceptors (Lipinski definition) is 12. The van der Waals surface area contributed by atoms with E-state index in [4.69, 9.17) is 15.9 Å². The average molecular weight is 654 g/mol. The normalized spacial score (nSPS) is 11.0. The van der Waals surface area contributed by atoms with E-state index in [2.05, 4.69) is 51.4 Å². The van der Waals surface area contributed by atoms with Crippen LogP contribution in [0.2, 0.25) is 0 Å². The highest BCUT2D eigenvalue weighted by Gasteiger charge is 2.21. The van der Waals surface area contributed by atoms with E-state index in [1.54, 1.807) is 50.2 Å². The maximum Gasteiger partial charge on any atom is 0.328 e. The van der Waals surface area contributed by atoms with E-state index in [0.717, 1.165) is 17.5 Å². The first-order valence-corrected chi connectivity index (χ1v) is 14.6. The number of esters is 2. The van der Waals surface area contributed by atoms with Gasteiger partial charge in [0.25, 0.3) is 0 Å². The first kappa shape index (κ1) is 43.0. The number of amides is 1. The number of benzene rings is 2. The van der Waals surface area contributed by atoms with Crippen molar-refractivity contribution in [2.75, 3.05) is 20.8 Å². The van der Waals surface area contributed by atoms with E-state index in [-0.39, 0.29) is 22.5 Å². The Kier molecular flexibility index (Phi) is 25.1. The largest absolute Gasteiger partial charge is 0.508 e. The fourth-order valence-electron chi connectivity index (χ4n) is 2.95. The number of methoxy groups -OCH3 is 2. The van der Waals surface area contributed by atoms with Gasteiger partial charge in [0.1, 0.15) is 30.2 Å². The lowest BCUT2D eigenvalue weighted by Gasteiger charge is -2.16. The van der Waals surface area contributed by atoms with Gasteiger partial charge in [-0.25, -0.2) is 4.79 Å². The van der Waals surface area contributed by atoms with Crippen molar-refractivity contribution < 1.29 is 43.7 Å². The van der Waals surface area contributed by atoms with Gasteiger partial charge in [0, 0.05) is 19.3 Å². The number of nitrogens with one attached hydrogen (secondary N) is 1. The summed E-state index contributed by atoms with van der Waals surface area (Å²) in [5, 5.41) is 23.0. The minimum Gasteiger partial charge on any atom is -0.508 e. The molecule has 2 aromatic carbocycles. The minimum atomic E-state index is -0.702. The molecule has 0 bridgehead atoms. The van der Waals surface area contributed by atoms with Gasteiger partial charge >= 0.3 is 11.9 Å². The van der Waals surface area contributed by atoms with Gasteiger partial charge in [0.15, 0.2) is 10.5 Å². The molecule has 2 aromatic rings. The molecule has 0 aromatic heterocycles. The number of nitrogens with two attached hydrogens (primary N) is 1. The van der Waals surface area contributed by atoms with E-state index >= 15 is 0 Å². The molecule has 2 atom stereocenters. The van der Waals surface area contributed by atoms with Crippen molar-refractivity contribution in [1.82, 2.24) is 5.32 Å². The summed E-state index contributed by atoms with van der Waals surface area (Å²) in [5.41, 5.74) is 7.28. The Morgan fingerprint density at radius 1 is 0.844 bits per heavy atom. The molecule has 45 heavy (non-hydrogen) atoms. The highest BCUT2D eigenvalue weighted by molar-refractivity contribution is 7.96. The van der Waals surface area contributed by atoms with Crippen LogP contribution in [0.1, 0.15) is 58.1 Å². The number of rotatable bonds is 13. The lowest BCUT2D eigenvalue weighted by molar-refractivity contribution is -0.145. The van der Waals surface area contributed by atoms with Crippen LogP contribution in [-0.2, 0) is 46.3 Å². The average Bonchev–Trinajstić information content (AvgIpc) is 3.02. The fourth-order valence-corrected chi connectivity index (χ4v) is 2.95. The molecule has 14 heteroatoms. The van der Waals surface area contributed by atoms with E-state index in [0.29, 0.717) is 38.2 Å². The lowest BCUT2D eigenvalue weighted by atomic mass is 10.1. The van der Waals surface area contributed by atoms with Crippen molar-refractivity contribution in [3.05, 3.63) is 64.6 Å². The number of phenolic OH excluding ortho intramolecular Hbond substituents is 2. The highest BCUT2D eigenvalue weighted by Crippen LogP contribution is 2.12. The number of phenols is 2. The molecule has 5 N–H and O–H groups in total. The van der Waals surface area contributed by atoms with Gasteiger partial charge in [-0.3, -0.25) is 14.4 Å². The van der Waals surface area contributed by atoms with Crippen molar-refractivity contribution >= 4 is 35.6 Å². The van der Waals surface area contributed by atoms with E-state index < -0.39 is 24.0 Å². The maximum absolute atomic E-state index is 11.5. The highest BCUT2D eigenvalue weighted by atomic mass is 32.1. The molecule has 2 rings (SSSR count). The predicted octanol–water partition coefficient (Wildman–Crippen LogP) is 4.02. The molecule has 0 radical (unpaired) electrons. The second-order valence-electron chi connectivity index (χ2n) is 9.71. The summed E-state index contributed by atoms with van der Waals surface area (Å²) in [6, 6.07) is 11.7. The Morgan fingerprint density at radius 3 is 1.64 bits per heavy atom. The van der Waals surface area contributed by atoms with Crippen molar-refractivity contribution in [1.29, 1.82) is 0 Å². The monoisotopic (exact) mass is 653 g/mol. The van der Waals surface area contributed by atoms with Crippen LogP contribution in [-0.4, -0.2) is 66.1 Å². The molecule has 0 heterocycles. The summed E-state index contributed by atoms with van der Waals surface area (Å²) in [5.74, 6) is -0.185. The third-order valence-corrected chi connectivity index (χ3v) is 5.87. The molecule has 13 nitrogen and oxygen atoms in total. The summed E-state index contributed by atoms with van der Waals surface area (Å²) >= 11 is 3.46.